The van der Waals surface area contributed by atoms with Gasteiger partial charge >= 0.3 is 0 Å². The van der Waals surface area contributed by atoms with Crippen LogP contribution in [0, 0.1) is 0 Å². The fourth-order valence-corrected chi connectivity index (χ4v) is 3.89. The van der Waals surface area contributed by atoms with Crippen LogP contribution in [-0.4, -0.2) is 33.7 Å². The number of benzene rings is 2. The second-order valence-corrected chi connectivity index (χ2v) is 8.25. The van der Waals surface area contributed by atoms with Gasteiger partial charge in [0.2, 0.25) is 15.9 Å². The van der Waals surface area contributed by atoms with Crippen molar-refractivity contribution in [1.82, 2.24) is 0 Å². The number of hydrogen-bond acceptors (Lipinski definition) is 4. The maximum Gasteiger partial charge on any atom is 0.248 e. The van der Waals surface area contributed by atoms with E-state index in [0.717, 1.165) is 10.6 Å². The van der Waals surface area contributed by atoms with Gasteiger partial charge in [-0.1, -0.05) is 29.3 Å². The summed E-state index contributed by atoms with van der Waals surface area (Å²) in [6, 6.07) is 10.0. The number of anilines is 2. The second-order valence-electron chi connectivity index (χ2n) is 5.55. The molecule has 1 amide bonds. The van der Waals surface area contributed by atoms with E-state index in [2.05, 4.69) is 5.32 Å². The van der Waals surface area contributed by atoms with Crippen LogP contribution in [-0.2, 0) is 14.8 Å². The largest absolute Gasteiger partial charge is 0.497 e. The molecule has 0 heterocycles. The smallest absolute Gasteiger partial charge is 0.248 e. The molecule has 2 aromatic carbocycles. The van der Waals surface area contributed by atoms with E-state index in [9.17, 15) is 13.2 Å². The van der Waals surface area contributed by atoms with E-state index in [4.69, 9.17) is 27.9 Å². The summed E-state index contributed by atoms with van der Waals surface area (Å²) in [4.78, 5) is 12.6. The SMILES string of the molecule is COc1cccc(N([C@@H](C)C(=O)Nc2cc(Cl)ccc2Cl)S(C)(=O)=O)c1. The number of ether oxygens (including phenoxy) is 1. The standard InChI is InChI=1S/C17H18Cl2N2O4S/c1-11(17(22)20-16-9-12(18)7-8-15(16)19)21(26(3,23)24)13-5-4-6-14(10-13)25-2/h4-11H,1-3H3,(H,20,22)/t11-/m0/s1. The molecule has 0 bridgehead atoms. The lowest BCUT2D eigenvalue weighted by Gasteiger charge is -2.28. The number of nitrogens with one attached hydrogen (secondary N) is 1. The third-order valence-corrected chi connectivity index (χ3v) is 5.39. The van der Waals surface area contributed by atoms with Crippen molar-refractivity contribution in [3.8, 4) is 5.75 Å². The fraction of sp³-hybridized carbons (Fsp3) is 0.235. The summed E-state index contributed by atoms with van der Waals surface area (Å²) < 4.78 is 30.8. The molecule has 0 aliphatic rings. The number of sulfonamides is 1. The quantitative estimate of drug-likeness (QED) is 0.776. The van der Waals surface area contributed by atoms with E-state index in [1.54, 1.807) is 30.3 Å². The summed E-state index contributed by atoms with van der Waals surface area (Å²) in [6.45, 7) is 1.48. The van der Waals surface area contributed by atoms with E-state index >= 15 is 0 Å². The Morgan fingerprint density at radius 1 is 1.19 bits per heavy atom. The Balaban J connectivity index is 2.36. The minimum atomic E-state index is -3.74. The second kappa shape index (κ2) is 8.16. The molecule has 0 aliphatic carbocycles. The summed E-state index contributed by atoms with van der Waals surface area (Å²) >= 11 is 12.0. The van der Waals surface area contributed by atoms with Crippen LogP contribution in [0.2, 0.25) is 10.0 Å². The highest BCUT2D eigenvalue weighted by Crippen LogP contribution is 2.28. The van der Waals surface area contributed by atoms with E-state index in [0.29, 0.717) is 27.2 Å². The summed E-state index contributed by atoms with van der Waals surface area (Å²) in [5.41, 5.74) is 0.613. The van der Waals surface area contributed by atoms with Crippen molar-refractivity contribution in [2.75, 3.05) is 23.0 Å². The van der Waals surface area contributed by atoms with Gasteiger partial charge in [0.05, 0.1) is 29.8 Å². The third-order valence-electron chi connectivity index (χ3n) is 3.58. The first-order valence-corrected chi connectivity index (χ1v) is 10.1. The van der Waals surface area contributed by atoms with Crippen LogP contribution in [0.25, 0.3) is 0 Å². The number of carbonyl (C=O) groups is 1. The lowest BCUT2D eigenvalue weighted by molar-refractivity contribution is -0.116. The molecule has 2 rings (SSSR count). The molecule has 1 N–H and O–H groups in total. The summed E-state index contributed by atoms with van der Waals surface area (Å²) in [5.74, 6) is -0.0796. The molecule has 2 aromatic rings. The number of rotatable bonds is 6. The maximum absolute atomic E-state index is 12.6. The lowest BCUT2D eigenvalue weighted by Crippen LogP contribution is -2.45. The number of carbonyl (C=O) groups excluding carboxylic acids is 1. The zero-order valence-electron chi connectivity index (χ0n) is 14.4. The average Bonchev–Trinajstić information content (AvgIpc) is 2.57. The van der Waals surface area contributed by atoms with Crippen molar-refractivity contribution in [2.24, 2.45) is 0 Å². The Morgan fingerprint density at radius 3 is 2.50 bits per heavy atom. The number of amides is 1. The normalized spacial score (nSPS) is 12.3. The Morgan fingerprint density at radius 2 is 1.88 bits per heavy atom. The predicted molar refractivity (Wildman–Crippen MR) is 105 cm³/mol. The van der Waals surface area contributed by atoms with E-state index < -0.39 is 22.0 Å². The summed E-state index contributed by atoms with van der Waals surface area (Å²) in [6.07, 6.45) is 1.03. The molecule has 140 valence electrons. The topological polar surface area (TPSA) is 75.7 Å². The van der Waals surface area contributed by atoms with Gasteiger partial charge in [-0.15, -0.1) is 0 Å². The minimum absolute atomic E-state index is 0.294. The summed E-state index contributed by atoms with van der Waals surface area (Å²) in [5, 5.41) is 3.30. The molecule has 0 radical (unpaired) electrons. The van der Waals surface area contributed by atoms with Crippen LogP contribution in [0.5, 0.6) is 5.75 Å². The highest BCUT2D eigenvalue weighted by Gasteiger charge is 2.29. The average molecular weight is 417 g/mol. The molecule has 0 aliphatic heterocycles. The van der Waals surface area contributed by atoms with Gasteiger partial charge in [-0.05, 0) is 37.3 Å². The van der Waals surface area contributed by atoms with Crippen molar-refractivity contribution in [3.05, 3.63) is 52.5 Å². The predicted octanol–water partition coefficient (Wildman–Crippen LogP) is 3.80. The van der Waals surface area contributed by atoms with Crippen molar-refractivity contribution in [1.29, 1.82) is 0 Å². The maximum atomic E-state index is 12.6. The zero-order valence-corrected chi connectivity index (χ0v) is 16.7. The summed E-state index contributed by atoms with van der Waals surface area (Å²) in [7, 11) is -2.27. The Hall–Kier alpha value is -1.96. The van der Waals surface area contributed by atoms with E-state index in [-0.39, 0.29) is 0 Å². The van der Waals surface area contributed by atoms with Crippen LogP contribution in [0.4, 0.5) is 11.4 Å². The van der Waals surface area contributed by atoms with Crippen LogP contribution >= 0.6 is 23.2 Å². The molecular formula is C17H18Cl2N2O4S. The minimum Gasteiger partial charge on any atom is -0.497 e. The van der Waals surface area contributed by atoms with Crippen LogP contribution in [0.1, 0.15) is 6.92 Å². The zero-order chi connectivity index (χ0) is 19.5. The molecule has 0 aromatic heterocycles. The van der Waals surface area contributed by atoms with Crippen molar-refractivity contribution in [3.63, 3.8) is 0 Å². The first kappa shape index (κ1) is 20.4. The van der Waals surface area contributed by atoms with Crippen LogP contribution in [0.15, 0.2) is 42.5 Å². The van der Waals surface area contributed by atoms with Crippen molar-refractivity contribution in [2.45, 2.75) is 13.0 Å². The highest BCUT2D eigenvalue weighted by molar-refractivity contribution is 7.92. The molecule has 0 spiro atoms. The van der Waals surface area contributed by atoms with Crippen LogP contribution < -0.4 is 14.4 Å². The Labute approximate surface area is 162 Å². The van der Waals surface area contributed by atoms with Gasteiger partial charge < -0.3 is 10.1 Å². The monoisotopic (exact) mass is 416 g/mol. The molecular weight excluding hydrogens is 399 g/mol. The van der Waals surface area contributed by atoms with Gasteiger partial charge in [0.1, 0.15) is 11.8 Å². The first-order chi connectivity index (χ1) is 12.1. The first-order valence-electron chi connectivity index (χ1n) is 7.53. The molecule has 0 saturated heterocycles. The van der Waals surface area contributed by atoms with Gasteiger partial charge in [-0.2, -0.15) is 0 Å². The Kier molecular flexibility index (Phi) is 6.39. The van der Waals surface area contributed by atoms with Crippen LogP contribution in [0.3, 0.4) is 0 Å². The number of methoxy groups -OCH3 is 1. The number of halogens is 2. The fourth-order valence-electron chi connectivity index (χ4n) is 2.39. The third kappa shape index (κ3) is 4.81. The number of nitrogens with zero attached hydrogens (tertiary/aromatic N) is 1. The lowest BCUT2D eigenvalue weighted by atomic mass is 10.2. The number of hydrogen-bond donors (Lipinski definition) is 1. The van der Waals surface area contributed by atoms with Gasteiger partial charge in [0, 0.05) is 11.1 Å². The van der Waals surface area contributed by atoms with Gasteiger partial charge in [-0.3, -0.25) is 9.10 Å². The molecule has 0 fully saturated rings. The van der Waals surface area contributed by atoms with Crippen molar-refractivity contribution < 1.29 is 17.9 Å². The molecule has 1 atom stereocenters. The van der Waals surface area contributed by atoms with Gasteiger partial charge in [0.25, 0.3) is 0 Å². The molecule has 26 heavy (non-hydrogen) atoms. The highest BCUT2D eigenvalue weighted by atomic mass is 35.5. The van der Waals surface area contributed by atoms with Crippen molar-refractivity contribution >= 4 is 50.5 Å². The van der Waals surface area contributed by atoms with E-state index in [1.165, 1.54) is 26.2 Å². The van der Waals surface area contributed by atoms with Gasteiger partial charge in [-0.25, -0.2) is 8.42 Å². The van der Waals surface area contributed by atoms with E-state index in [1.807, 2.05) is 0 Å². The van der Waals surface area contributed by atoms with Gasteiger partial charge in [0.15, 0.2) is 0 Å². The molecule has 0 unspecified atom stereocenters. The molecule has 9 heteroatoms. The Bertz CT molecular complexity index is 919. The molecule has 0 saturated carbocycles. The molecule has 6 nitrogen and oxygen atoms in total.